The lowest BCUT2D eigenvalue weighted by molar-refractivity contribution is -0.140. The molecule has 0 saturated carbocycles. The highest BCUT2D eigenvalue weighted by Gasteiger charge is 2.22. The van der Waals surface area contributed by atoms with Gasteiger partial charge in [0.2, 0.25) is 0 Å². The van der Waals surface area contributed by atoms with Crippen LogP contribution in [0.5, 0.6) is 0 Å². The van der Waals surface area contributed by atoms with E-state index in [1.807, 2.05) is 32.6 Å². The number of anilines is 1. The lowest BCUT2D eigenvalue weighted by atomic mass is 10.1. The molecule has 0 aliphatic carbocycles. The second-order valence-electron chi connectivity index (χ2n) is 5.56. The number of carboxylic acid groups (broad SMARTS) is 1. The minimum atomic E-state index is -0.811. The van der Waals surface area contributed by atoms with Crippen LogP contribution in [0.3, 0.4) is 0 Å². The van der Waals surface area contributed by atoms with Crippen molar-refractivity contribution in [2.24, 2.45) is 5.92 Å². The first-order valence-electron chi connectivity index (χ1n) is 7.13. The zero-order chi connectivity index (χ0) is 16.4. The predicted octanol–water partition coefficient (Wildman–Crippen LogP) is 3.09. The molecule has 7 heteroatoms. The summed E-state index contributed by atoms with van der Waals surface area (Å²) in [6, 6.07) is 0. The quantitative estimate of drug-likeness (QED) is 0.880. The van der Waals surface area contributed by atoms with Gasteiger partial charge in [-0.2, -0.15) is 0 Å². The second-order valence-corrected chi connectivity index (χ2v) is 6.74. The Morgan fingerprint density at radius 1 is 1.32 bits per heavy atom. The van der Waals surface area contributed by atoms with Crippen molar-refractivity contribution in [2.75, 3.05) is 11.4 Å². The third-order valence-corrected chi connectivity index (χ3v) is 4.87. The third kappa shape index (κ3) is 3.47. The van der Waals surface area contributed by atoms with E-state index < -0.39 is 11.9 Å². The molecular weight excluding hydrogens is 302 g/mol. The van der Waals surface area contributed by atoms with Crippen LogP contribution >= 0.6 is 11.3 Å². The number of aromatic nitrogens is 2. The van der Waals surface area contributed by atoms with E-state index in [0.717, 1.165) is 32.7 Å². The van der Waals surface area contributed by atoms with Crippen LogP contribution in [-0.4, -0.2) is 27.8 Å². The molecule has 0 aliphatic heterocycles. The largest absolute Gasteiger partial charge is 0.481 e. The number of nitrogens with zero attached hydrogens (tertiary/aromatic N) is 3. The summed E-state index contributed by atoms with van der Waals surface area (Å²) in [5.74, 6) is -0.533. The molecule has 2 rings (SSSR count). The van der Waals surface area contributed by atoms with Crippen LogP contribution in [0.1, 0.15) is 34.5 Å². The molecule has 22 heavy (non-hydrogen) atoms. The van der Waals surface area contributed by atoms with Crippen molar-refractivity contribution < 1.29 is 14.4 Å². The molecule has 120 valence electrons. The highest BCUT2D eigenvalue weighted by atomic mass is 32.1. The van der Waals surface area contributed by atoms with Crippen molar-refractivity contribution in [3.8, 4) is 0 Å². The zero-order valence-corrected chi connectivity index (χ0v) is 14.3. The van der Waals surface area contributed by atoms with Crippen LogP contribution in [0.15, 0.2) is 4.52 Å². The third-order valence-electron chi connectivity index (χ3n) is 3.73. The van der Waals surface area contributed by atoms with E-state index in [9.17, 15) is 9.90 Å². The molecular formula is C15H21N3O3S. The number of aliphatic carboxylic acids is 1. The number of rotatable bonds is 6. The molecule has 0 bridgehead atoms. The predicted molar refractivity (Wildman–Crippen MR) is 85.4 cm³/mol. The Morgan fingerprint density at radius 3 is 2.45 bits per heavy atom. The Bertz CT molecular complexity index is 639. The highest BCUT2D eigenvalue weighted by molar-refractivity contribution is 7.15. The van der Waals surface area contributed by atoms with Crippen molar-refractivity contribution in [3.63, 3.8) is 0 Å². The number of carboxylic acids is 1. The van der Waals surface area contributed by atoms with Crippen LogP contribution in [0.25, 0.3) is 0 Å². The average Bonchev–Trinajstić information content (AvgIpc) is 2.94. The first-order valence-corrected chi connectivity index (χ1v) is 7.94. The fraction of sp³-hybridized carbons (Fsp3) is 0.533. The molecule has 0 saturated heterocycles. The Kier molecular flexibility index (Phi) is 4.85. The molecule has 2 aromatic heterocycles. The number of thiazole rings is 1. The molecule has 1 atom stereocenters. The summed E-state index contributed by atoms with van der Waals surface area (Å²) < 4.78 is 5.20. The number of hydrogen-bond donors (Lipinski definition) is 1. The molecule has 0 spiro atoms. The van der Waals surface area contributed by atoms with E-state index in [1.54, 1.807) is 18.3 Å². The van der Waals surface area contributed by atoms with Crippen molar-refractivity contribution in [1.29, 1.82) is 0 Å². The summed E-state index contributed by atoms with van der Waals surface area (Å²) in [4.78, 5) is 18.9. The van der Waals surface area contributed by atoms with Crippen molar-refractivity contribution in [2.45, 2.75) is 41.2 Å². The molecule has 0 aliphatic rings. The maximum atomic E-state index is 11.2. The van der Waals surface area contributed by atoms with Crippen LogP contribution in [0.2, 0.25) is 0 Å². The van der Waals surface area contributed by atoms with Gasteiger partial charge in [0.1, 0.15) is 5.76 Å². The smallest absolute Gasteiger partial charge is 0.308 e. The summed E-state index contributed by atoms with van der Waals surface area (Å²) in [6.45, 7) is 10.4. The molecule has 0 aromatic carbocycles. The average molecular weight is 323 g/mol. The Morgan fingerprint density at radius 2 is 2.00 bits per heavy atom. The van der Waals surface area contributed by atoms with Gasteiger partial charge in [-0.05, 0) is 27.7 Å². The van der Waals surface area contributed by atoms with Crippen LogP contribution in [0.4, 0.5) is 5.13 Å². The summed E-state index contributed by atoms with van der Waals surface area (Å²) >= 11 is 1.58. The van der Waals surface area contributed by atoms with Gasteiger partial charge in [0, 0.05) is 17.0 Å². The van der Waals surface area contributed by atoms with Gasteiger partial charge in [-0.3, -0.25) is 4.79 Å². The molecule has 0 amide bonds. The number of aryl methyl sites for hydroxylation is 4. The molecule has 1 N–H and O–H groups in total. The molecule has 1 unspecified atom stereocenters. The zero-order valence-electron chi connectivity index (χ0n) is 13.5. The second kappa shape index (κ2) is 6.48. The fourth-order valence-electron chi connectivity index (χ4n) is 2.13. The van der Waals surface area contributed by atoms with Crippen molar-refractivity contribution >= 4 is 22.4 Å². The van der Waals surface area contributed by atoms with E-state index in [0.29, 0.717) is 13.1 Å². The van der Waals surface area contributed by atoms with Crippen molar-refractivity contribution in [1.82, 2.24) is 10.1 Å². The highest BCUT2D eigenvalue weighted by Crippen LogP contribution is 2.28. The normalized spacial score (nSPS) is 12.4. The van der Waals surface area contributed by atoms with Gasteiger partial charge in [0.05, 0.1) is 23.9 Å². The Balaban J connectivity index is 2.31. The van der Waals surface area contributed by atoms with E-state index >= 15 is 0 Å². The van der Waals surface area contributed by atoms with Gasteiger partial charge in [-0.25, -0.2) is 4.98 Å². The van der Waals surface area contributed by atoms with E-state index in [-0.39, 0.29) is 0 Å². The molecule has 2 aromatic rings. The summed E-state index contributed by atoms with van der Waals surface area (Å²) in [7, 11) is 0. The minimum absolute atomic E-state index is 0.395. The Hall–Kier alpha value is -1.89. The molecule has 6 nitrogen and oxygen atoms in total. The maximum Gasteiger partial charge on any atom is 0.308 e. The van der Waals surface area contributed by atoms with Crippen molar-refractivity contribution in [3.05, 3.63) is 27.6 Å². The Labute approximate surface area is 133 Å². The molecule has 0 radical (unpaired) electrons. The lowest BCUT2D eigenvalue weighted by Gasteiger charge is -2.23. The molecule has 2 heterocycles. The minimum Gasteiger partial charge on any atom is -0.481 e. The lowest BCUT2D eigenvalue weighted by Crippen LogP contribution is -2.31. The summed E-state index contributed by atoms with van der Waals surface area (Å²) in [5.41, 5.74) is 2.80. The van der Waals surface area contributed by atoms with E-state index in [2.05, 4.69) is 10.1 Å². The summed E-state index contributed by atoms with van der Waals surface area (Å²) in [5, 5.41) is 14.0. The number of carbonyl (C=O) groups is 1. The fourth-order valence-corrected chi connectivity index (χ4v) is 3.05. The van der Waals surface area contributed by atoms with Gasteiger partial charge in [-0.1, -0.05) is 12.1 Å². The SMILES string of the molecule is Cc1nc(N(Cc2c(C)noc2C)CC(C)C(=O)O)sc1C. The monoisotopic (exact) mass is 323 g/mol. The van der Waals surface area contributed by atoms with E-state index in [4.69, 9.17) is 4.52 Å². The van der Waals surface area contributed by atoms with Crippen LogP contribution in [0, 0.1) is 33.6 Å². The van der Waals surface area contributed by atoms with Gasteiger partial charge in [0.25, 0.3) is 0 Å². The maximum absolute atomic E-state index is 11.2. The standard InChI is InChI=1S/C15H21N3O3S/c1-8(14(19)20)6-18(15-16-9(2)12(5)22-15)7-13-10(3)17-21-11(13)4/h8H,6-7H2,1-5H3,(H,19,20). The van der Waals surface area contributed by atoms with Gasteiger partial charge >= 0.3 is 5.97 Å². The first-order chi connectivity index (χ1) is 10.3. The van der Waals surface area contributed by atoms with Gasteiger partial charge < -0.3 is 14.5 Å². The first kappa shape index (κ1) is 16.5. The number of hydrogen-bond acceptors (Lipinski definition) is 6. The topological polar surface area (TPSA) is 79.5 Å². The van der Waals surface area contributed by atoms with Crippen LogP contribution in [-0.2, 0) is 11.3 Å². The summed E-state index contributed by atoms with van der Waals surface area (Å²) in [6.07, 6.45) is 0. The van der Waals surface area contributed by atoms with Crippen LogP contribution < -0.4 is 4.90 Å². The van der Waals surface area contributed by atoms with Gasteiger partial charge in [0.15, 0.2) is 5.13 Å². The molecule has 0 fully saturated rings. The van der Waals surface area contributed by atoms with E-state index in [1.165, 1.54) is 0 Å². The van der Waals surface area contributed by atoms with Gasteiger partial charge in [-0.15, -0.1) is 11.3 Å².